The summed E-state index contributed by atoms with van der Waals surface area (Å²) < 4.78 is 17.8. The number of rotatable bonds is 9. The Bertz CT molecular complexity index is 1460. The summed E-state index contributed by atoms with van der Waals surface area (Å²) in [7, 11) is 0. The van der Waals surface area contributed by atoms with Gasteiger partial charge in [0.15, 0.2) is 0 Å². The molecule has 0 saturated heterocycles. The second kappa shape index (κ2) is 10.7. The summed E-state index contributed by atoms with van der Waals surface area (Å²) in [4.78, 5) is 9.15. The van der Waals surface area contributed by atoms with E-state index in [1.807, 2.05) is 91.9 Å². The van der Waals surface area contributed by atoms with E-state index in [1.165, 1.54) is 0 Å². The minimum absolute atomic E-state index is 0.228. The van der Waals surface area contributed by atoms with Crippen LogP contribution in [0.2, 0.25) is 0 Å². The Morgan fingerprint density at radius 2 is 1.36 bits per heavy atom. The SMILES string of the molecule is Cc1oc(-c2ccccc2)nc1COc1ccc(CCc2oc(-c3ccccc3)nc2CC#N)cc1. The van der Waals surface area contributed by atoms with Crippen molar-refractivity contribution in [2.75, 3.05) is 0 Å². The van der Waals surface area contributed by atoms with E-state index in [2.05, 4.69) is 16.0 Å². The van der Waals surface area contributed by atoms with Crippen molar-refractivity contribution in [1.29, 1.82) is 5.26 Å². The lowest BCUT2D eigenvalue weighted by Crippen LogP contribution is -1.98. The highest BCUT2D eigenvalue weighted by Crippen LogP contribution is 2.25. The summed E-state index contributed by atoms with van der Waals surface area (Å²) in [6, 6.07) is 29.7. The third-order valence-electron chi connectivity index (χ3n) is 5.90. The molecule has 2 aromatic heterocycles. The van der Waals surface area contributed by atoms with E-state index in [4.69, 9.17) is 13.6 Å². The summed E-state index contributed by atoms with van der Waals surface area (Å²) in [5.41, 5.74) is 4.48. The number of nitrogens with zero attached hydrogens (tertiary/aromatic N) is 3. The fraction of sp³-hybridized carbons (Fsp3) is 0.167. The average molecular weight is 476 g/mol. The number of aromatic nitrogens is 2. The minimum Gasteiger partial charge on any atom is -0.487 e. The number of benzene rings is 3. The van der Waals surface area contributed by atoms with Crippen molar-refractivity contribution >= 4 is 0 Å². The van der Waals surface area contributed by atoms with E-state index < -0.39 is 0 Å². The third kappa shape index (κ3) is 5.37. The van der Waals surface area contributed by atoms with Gasteiger partial charge >= 0.3 is 0 Å². The molecule has 0 atom stereocenters. The van der Waals surface area contributed by atoms with Gasteiger partial charge in [-0.25, -0.2) is 9.97 Å². The van der Waals surface area contributed by atoms with Crippen LogP contribution in [0.25, 0.3) is 22.9 Å². The van der Waals surface area contributed by atoms with Crippen molar-refractivity contribution in [3.63, 3.8) is 0 Å². The van der Waals surface area contributed by atoms with Gasteiger partial charge in [0.25, 0.3) is 0 Å². The number of nitriles is 1. The summed E-state index contributed by atoms with van der Waals surface area (Å²) in [6.07, 6.45) is 1.66. The van der Waals surface area contributed by atoms with Gasteiger partial charge in [-0.2, -0.15) is 5.26 Å². The lowest BCUT2D eigenvalue weighted by Gasteiger charge is -2.06. The third-order valence-corrected chi connectivity index (χ3v) is 5.90. The molecule has 0 saturated carbocycles. The maximum atomic E-state index is 9.19. The second-order valence-corrected chi connectivity index (χ2v) is 8.41. The summed E-state index contributed by atoms with van der Waals surface area (Å²) in [5, 5.41) is 9.19. The standard InChI is InChI=1S/C30H25N3O3/c1-21-27(33-29(35-21)23-8-4-2-5-9-23)20-34-25-15-12-22(13-16-25)14-17-28-26(18-19-31)32-30(36-28)24-10-6-3-7-11-24/h2-13,15-16H,14,17-18,20H2,1H3. The van der Waals surface area contributed by atoms with Gasteiger partial charge in [0.05, 0.1) is 18.2 Å². The molecule has 178 valence electrons. The first-order chi connectivity index (χ1) is 17.7. The van der Waals surface area contributed by atoms with Crippen LogP contribution in [0.4, 0.5) is 0 Å². The molecule has 0 radical (unpaired) electrons. The predicted octanol–water partition coefficient (Wildman–Crippen LogP) is 6.74. The smallest absolute Gasteiger partial charge is 0.226 e. The Morgan fingerprint density at radius 3 is 2.00 bits per heavy atom. The molecule has 0 aliphatic rings. The van der Waals surface area contributed by atoms with Gasteiger partial charge in [-0.1, -0.05) is 48.5 Å². The molecule has 5 aromatic rings. The molecule has 0 bridgehead atoms. The van der Waals surface area contributed by atoms with Crippen molar-refractivity contribution in [3.05, 3.63) is 113 Å². The largest absolute Gasteiger partial charge is 0.487 e. The summed E-state index contributed by atoms with van der Waals surface area (Å²) in [6.45, 7) is 2.23. The van der Waals surface area contributed by atoms with Crippen LogP contribution in [0.5, 0.6) is 5.75 Å². The zero-order valence-corrected chi connectivity index (χ0v) is 20.0. The number of hydrogen-bond donors (Lipinski definition) is 0. The zero-order valence-electron chi connectivity index (χ0n) is 20.0. The fourth-order valence-electron chi connectivity index (χ4n) is 3.92. The Morgan fingerprint density at radius 1 is 0.750 bits per heavy atom. The molecule has 0 amide bonds. The Labute approximate surface area is 209 Å². The number of aryl methyl sites for hydroxylation is 3. The van der Waals surface area contributed by atoms with E-state index >= 15 is 0 Å². The van der Waals surface area contributed by atoms with E-state index in [1.54, 1.807) is 0 Å². The number of ether oxygens (including phenoxy) is 1. The molecule has 0 unspecified atom stereocenters. The van der Waals surface area contributed by atoms with Crippen LogP contribution in [0.3, 0.4) is 0 Å². The van der Waals surface area contributed by atoms with Crippen LogP contribution in [-0.2, 0) is 25.9 Å². The van der Waals surface area contributed by atoms with Gasteiger partial charge in [0.2, 0.25) is 11.8 Å². The van der Waals surface area contributed by atoms with Crippen molar-refractivity contribution < 1.29 is 13.6 Å². The molecular formula is C30H25N3O3. The zero-order chi connectivity index (χ0) is 24.7. The highest BCUT2D eigenvalue weighted by Gasteiger charge is 2.15. The number of oxazole rings is 2. The van der Waals surface area contributed by atoms with Gasteiger partial charge in [-0.05, 0) is 55.3 Å². The Balaban J connectivity index is 1.20. The monoisotopic (exact) mass is 475 g/mol. The predicted molar refractivity (Wildman–Crippen MR) is 136 cm³/mol. The van der Waals surface area contributed by atoms with Crippen LogP contribution in [-0.4, -0.2) is 9.97 Å². The quantitative estimate of drug-likeness (QED) is 0.235. The minimum atomic E-state index is 0.228. The van der Waals surface area contributed by atoms with Crippen LogP contribution >= 0.6 is 0 Å². The Hall–Kier alpha value is -4.63. The maximum Gasteiger partial charge on any atom is 0.226 e. The molecule has 0 aliphatic heterocycles. The summed E-state index contributed by atoms with van der Waals surface area (Å²) in [5.74, 6) is 3.42. The Kier molecular flexibility index (Phi) is 6.90. The van der Waals surface area contributed by atoms with Gasteiger partial charge < -0.3 is 13.6 Å². The van der Waals surface area contributed by atoms with Crippen molar-refractivity contribution in [3.8, 4) is 34.7 Å². The van der Waals surface area contributed by atoms with Gasteiger partial charge in [0, 0.05) is 17.5 Å². The number of hydrogen-bond acceptors (Lipinski definition) is 6. The van der Waals surface area contributed by atoms with Crippen LogP contribution in [0.1, 0.15) is 28.5 Å². The molecule has 3 aromatic carbocycles. The van der Waals surface area contributed by atoms with E-state index in [9.17, 15) is 5.26 Å². The fourth-order valence-corrected chi connectivity index (χ4v) is 3.92. The first-order valence-corrected chi connectivity index (χ1v) is 11.8. The molecule has 6 heteroatoms. The molecule has 36 heavy (non-hydrogen) atoms. The van der Waals surface area contributed by atoms with Crippen LogP contribution in [0.15, 0.2) is 93.8 Å². The topological polar surface area (TPSA) is 85.1 Å². The van der Waals surface area contributed by atoms with E-state index in [0.29, 0.717) is 30.5 Å². The van der Waals surface area contributed by atoms with E-state index in [-0.39, 0.29) is 6.42 Å². The van der Waals surface area contributed by atoms with Crippen LogP contribution < -0.4 is 4.74 Å². The molecule has 0 N–H and O–H groups in total. The first-order valence-electron chi connectivity index (χ1n) is 11.8. The molecule has 0 spiro atoms. The maximum absolute atomic E-state index is 9.19. The lowest BCUT2D eigenvalue weighted by atomic mass is 10.1. The van der Waals surface area contributed by atoms with Crippen molar-refractivity contribution in [1.82, 2.24) is 9.97 Å². The molecule has 5 rings (SSSR count). The normalized spacial score (nSPS) is 10.8. The van der Waals surface area contributed by atoms with Crippen LogP contribution in [0, 0.1) is 18.3 Å². The van der Waals surface area contributed by atoms with Gasteiger partial charge in [0.1, 0.15) is 29.6 Å². The lowest BCUT2D eigenvalue weighted by molar-refractivity contribution is 0.299. The van der Waals surface area contributed by atoms with Crippen molar-refractivity contribution in [2.45, 2.75) is 32.8 Å². The average Bonchev–Trinajstić information content (AvgIpc) is 3.51. The van der Waals surface area contributed by atoms with Gasteiger partial charge in [-0.15, -0.1) is 0 Å². The van der Waals surface area contributed by atoms with E-state index in [0.717, 1.165) is 46.1 Å². The summed E-state index contributed by atoms with van der Waals surface area (Å²) >= 11 is 0. The molecule has 0 aliphatic carbocycles. The molecule has 2 heterocycles. The second-order valence-electron chi connectivity index (χ2n) is 8.41. The molecule has 6 nitrogen and oxygen atoms in total. The molecular weight excluding hydrogens is 450 g/mol. The first kappa shape index (κ1) is 23.1. The highest BCUT2D eigenvalue weighted by atomic mass is 16.5. The highest BCUT2D eigenvalue weighted by molar-refractivity contribution is 5.54. The van der Waals surface area contributed by atoms with Gasteiger partial charge in [-0.3, -0.25) is 0 Å². The molecule has 0 fully saturated rings. The van der Waals surface area contributed by atoms with Crippen molar-refractivity contribution in [2.24, 2.45) is 0 Å².